The molecule has 0 amide bonds. The Kier molecular flexibility index (Phi) is 3.82. The summed E-state index contributed by atoms with van der Waals surface area (Å²) in [6.45, 7) is 2.70. The first kappa shape index (κ1) is 10.4. The van der Waals surface area contributed by atoms with Crippen molar-refractivity contribution in [3.63, 3.8) is 0 Å². The molecule has 1 saturated carbocycles. The minimum absolute atomic E-state index is 0.552. The molecule has 2 aliphatic rings. The Morgan fingerprint density at radius 2 is 1.57 bits per heavy atom. The summed E-state index contributed by atoms with van der Waals surface area (Å²) in [5, 5.41) is 0. The van der Waals surface area contributed by atoms with E-state index in [1.807, 2.05) is 7.11 Å². The van der Waals surface area contributed by atoms with Crippen molar-refractivity contribution in [3.8, 4) is 0 Å². The lowest BCUT2D eigenvalue weighted by molar-refractivity contribution is 0.0337. The number of piperidine rings is 1. The van der Waals surface area contributed by atoms with E-state index in [0.717, 1.165) is 6.04 Å². The van der Waals surface area contributed by atoms with E-state index in [-0.39, 0.29) is 0 Å². The fourth-order valence-corrected chi connectivity index (χ4v) is 2.93. The second-order valence-electron chi connectivity index (χ2n) is 4.76. The Morgan fingerprint density at radius 3 is 2.14 bits per heavy atom. The molecule has 2 heteroatoms. The van der Waals surface area contributed by atoms with E-state index in [1.165, 1.54) is 58.0 Å². The molecule has 0 atom stereocenters. The quantitative estimate of drug-likeness (QED) is 0.674. The Labute approximate surface area is 87.6 Å². The first-order valence-electron chi connectivity index (χ1n) is 6.17. The summed E-state index contributed by atoms with van der Waals surface area (Å²) >= 11 is 0. The first-order chi connectivity index (χ1) is 6.90. The first-order valence-corrected chi connectivity index (χ1v) is 6.17. The lowest BCUT2D eigenvalue weighted by atomic mass is 9.91. The minimum atomic E-state index is 0.552. The zero-order chi connectivity index (χ0) is 9.80. The minimum Gasteiger partial charge on any atom is -0.381 e. The van der Waals surface area contributed by atoms with Crippen LogP contribution in [0.2, 0.25) is 0 Å². The number of nitrogens with zero attached hydrogens (tertiary/aromatic N) is 1. The third kappa shape index (κ3) is 2.48. The summed E-state index contributed by atoms with van der Waals surface area (Å²) in [5.74, 6) is 0. The van der Waals surface area contributed by atoms with Crippen LogP contribution in [0.5, 0.6) is 0 Å². The monoisotopic (exact) mass is 197 g/mol. The van der Waals surface area contributed by atoms with Crippen molar-refractivity contribution in [2.75, 3.05) is 20.2 Å². The van der Waals surface area contributed by atoms with Crippen molar-refractivity contribution in [2.24, 2.45) is 0 Å². The zero-order valence-corrected chi connectivity index (χ0v) is 9.37. The predicted molar refractivity (Wildman–Crippen MR) is 58.5 cm³/mol. The number of ether oxygens (including phenoxy) is 1. The number of hydrogen-bond acceptors (Lipinski definition) is 2. The van der Waals surface area contributed by atoms with Gasteiger partial charge in [-0.2, -0.15) is 0 Å². The number of rotatable bonds is 2. The maximum atomic E-state index is 5.41. The average molecular weight is 197 g/mol. The summed E-state index contributed by atoms with van der Waals surface area (Å²) in [5.41, 5.74) is 0. The Hall–Kier alpha value is -0.0800. The molecular formula is C12H23NO. The predicted octanol–water partition coefficient (Wildman–Crippen LogP) is 2.43. The van der Waals surface area contributed by atoms with Crippen molar-refractivity contribution in [2.45, 2.75) is 57.1 Å². The van der Waals surface area contributed by atoms with Crippen LogP contribution in [0.1, 0.15) is 44.9 Å². The second kappa shape index (κ2) is 5.13. The van der Waals surface area contributed by atoms with Gasteiger partial charge in [-0.3, -0.25) is 0 Å². The molecule has 0 aromatic heterocycles. The van der Waals surface area contributed by atoms with Crippen LogP contribution in [0.15, 0.2) is 0 Å². The van der Waals surface area contributed by atoms with Crippen LogP contribution in [0.4, 0.5) is 0 Å². The van der Waals surface area contributed by atoms with Gasteiger partial charge in [0.1, 0.15) is 0 Å². The largest absolute Gasteiger partial charge is 0.381 e. The van der Waals surface area contributed by atoms with Crippen LogP contribution in [0.25, 0.3) is 0 Å². The van der Waals surface area contributed by atoms with Crippen LogP contribution in [0.3, 0.4) is 0 Å². The third-order valence-electron chi connectivity index (χ3n) is 3.88. The maximum absolute atomic E-state index is 5.41. The van der Waals surface area contributed by atoms with Crippen molar-refractivity contribution >= 4 is 0 Å². The highest BCUT2D eigenvalue weighted by molar-refractivity contribution is 4.81. The van der Waals surface area contributed by atoms with E-state index in [0.29, 0.717) is 6.10 Å². The highest BCUT2D eigenvalue weighted by atomic mass is 16.5. The van der Waals surface area contributed by atoms with Crippen LogP contribution < -0.4 is 0 Å². The smallest absolute Gasteiger partial charge is 0.0572 e. The molecule has 1 saturated heterocycles. The normalized spacial score (nSPS) is 35.8. The maximum Gasteiger partial charge on any atom is 0.0572 e. The third-order valence-corrected chi connectivity index (χ3v) is 3.88. The molecule has 82 valence electrons. The van der Waals surface area contributed by atoms with Gasteiger partial charge in [0.25, 0.3) is 0 Å². The molecule has 0 aromatic carbocycles. The fourth-order valence-electron chi connectivity index (χ4n) is 2.93. The van der Waals surface area contributed by atoms with E-state index in [4.69, 9.17) is 4.74 Å². The van der Waals surface area contributed by atoms with E-state index >= 15 is 0 Å². The molecular weight excluding hydrogens is 174 g/mol. The number of hydrogen-bond donors (Lipinski definition) is 0. The van der Waals surface area contributed by atoms with Crippen LogP contribution >= 0.6 is 0 Å². The Morgan fingerprint density at radius 1 is 0.929 bits per heavy atom. The highest BCUT2D eigenvalue weighted by Gasteiger charge is 2.26. The van der Waals surface area contributed by atoms with E-state index in [9.17, 15) is 0 Å². The highest BCUT2D eigenvalue weighted by Crippen LogP contribution is 2.26. The van der Waals surface area contributed by atoms with Gasteiger partial charge in [-0.05, 0) is 51.6 Å². The lowest BCUT2D eigenvalue weighted by Gasteiger charge is -2.38. The lowest BCUT2D eigenvalue weighted by Crippen LogP contribution is -2.42. The van der Waals surface area contributed by atoms with E-state index in [2.05, 4.69) is 4.90 Å². The van der Waals surface area contributed by atoms with E-state index in [1.54, 1.807) is 0 Å². The Balaban J connectivity index is 1.76. The van der Waals surface area contributed by atoms with Gasteiger partial charge in [0.2, 0.25) is 0 Å². The number of likely N-dealkylation sites (tertiary alicyclic amines) is 1. The van der Waals surface area contributed by atoms with Crippen molar-refractivity contribution in [1.29, 1.82) is 0 Å². The zero-order valence-electron chi connectivity index (χ0n) is 9.37. The Bertz CT molecular complexity index is 158. The van der Waals surface area contributed by atoms with Gasteiger partial charge in [0.15, 0.2) is 0 Å². The van der Waals surface area contributed by atoms with Gasteiger partial charge >= 0.3 is 0 Å². The summed E-state index contributed by atoms with van der Waals surface area (Å²) in [6, 6.07) is 0.877. The average Bonchev–Trinajstić information content (AvgIpc) is 2.30. The summed E-state index contributed by atoms with van der Waals surface area (Å²) < 4.78 is 5.41. The molecule has 1 aliphatic carbocycles. The molecule has 0 bridgehead atoms. The van der Waals surface area contributed by atoms with Crippen molar-refractivity contribution in [1.82, 2.24) is 4.90 Å². The summed E-state index contributed by atoms with van der Waals surface area (Å²) in [6.07, 6.45) is 10.1. The van der Waals surface area contributed by atoms with Crippen molar-refractivity contribution < 1.29 is 4.74 Å². The molecule has 0 unspecified atom stereocenters. The van der Waals surface area contributed by atoms with Crippen molar-refractivity contribution in [3.05, 3.63) is 0 Å². The SMILES string of the molecule is CO[C@H]1CC[C@@H](N2CCCCC2)CC1. The van der Waals surface area contributed by atoms with E-state index < -0.39 is 0 Å². The van der Waals surface area contributed by atoms with Gasteiger partial charge in [-0.15, -0.1) is 0 Å². The summed E-state index contributed by atoms with van der Waals surface area (Å²) in [4.78, 5) is 2.72. The molecule has 1 aliphatic heterocycles. The molecule has 1 heterocycles. The molecule has 14 heavy (non-hydrogen) atoms. The van der Waals surface area contributed by atoms with Gasteiger partial charge in [-0.25, -0.2) is 0 Å². The number of methoxy groups -OCH3 is 1. The van der Waals surface area contributed by atoms with Gasteiger partial charge < -0.3 is 9.64 Å². The topological polar surface area (TPSA) is 12.5 Å². The van der Waals surface area contributed by atoms with Gasteiger partial charge in [-0.1, -0.05) is 6.42 Å². The van der Waals surface area contributed by atoms with Crippen LogP contribution in [0, 0.1) is 0 Å². The second-order valence-corrected chi connectivity index (χ2v) is 4.76. The standard InChI is InChI=1S/C12H23NO/c1-14-12-7-5-11(6-8-12)13-9-3-2-4-10-13/h11-12H,2-10H2,1H3/t11-,12+. The van der Waals surface area contributed by atoms with Crippen LogP contribution in [-0.4, -0.2) is 37.2 Å². The molecule has 0 spiro atoms. The van der Waals surface area contributed by atoms with Gasteiger partial charge in [0.05, 0.1) is 6.10 Å². The fraction of sp³-hybridized carbons (Fsp3) is 1.00. The molecule has 0 radical (unpaired) electrons. The summed E-state index contributed by atoms with van der Waals surface area (Å²) in [7, 11) is 1.85. The molecule has 2 fully saturated rings. The van der Waals surface area contributed by atoms with Gasteiger partial charge in [0, 0.05) is 13.2 Å². The van der Waals surface area contributed by atoms with Crippen LogP contribution in [-0.2, 0) is 4.74 Å². The molecule has 2 nitrogen and oxygen atoms in total. The molecule has 0 aromatic rings. The molecule has 2 rings (SSSR count). The molecule has 0 N–H and O–H groups in total.